The lowest BCUT2D eigenvalue weighted by molar-refractivity contribution is -0.138. The monoisotopic (exact) mass is 182 g/mol. The van der Waals surface area contributed by atoms with E-state index >= 15 is 0 Å². The van der Waals surface area contributed by atoms with E-state index in [-0.39, 0.29) is 17.8 Å². The predicted molar refractivity (Wildman–Crippen MR) is 42.4 cm³/mol. The molecule has 1 heterocycles. The molecule has 1 saturated carbocycles. The molecule has 0 aromatic heterocycles. The van der Waals surface area contributed by atoms with Crippen LogP contribution in [-0.4, -0.2) is 18.5 Å². The maximum Gasteiger partial charge on any atom is 0.334 e. The predicted octanol–water partition coefficient (Wildman–Crippen LogP) is 0.626. The summed E-state index contributed by atoms with van der Waals surface area (Å²) in [7, 11) is 0. The van der Waals surface area contributed by atoms with Gasteiger partial charge < -0.3 is 9.47 Å². The molecule has 70 valence electrons. The van der Waals surface area contributed by atoms with Gasteiger partial charge in [-0.25, -0.2) is 4.79 Å². The van der Waals surface area contributed by atoms with Gasteiger partial charge in [0.05, 0.1) is 18.6 Å². The fourth-order valence-electron chi connectivity index (χ4n) is 1.47. The third-order valence-electron chi connectivity index (χ3n) is 2.22. The van der Waals surface area contributed by atoms with Crippen molar-refractivity contribution in [2.45, 2.75) is 13.3 Å². The van der Waals surface area contributed by atoms with Crippen molar-refractivity contribution in [3.05, 3.63) is 11.8 Å². The molecule has 0 aromatic carbocycles. The molecule has 2 rings (SSSR count). The zero-order chi connectivity index (χ0) is 9.42. The van der Waals surface area contributed by atoms with Gasteiger partial charge in [0.25, 0.3) is 0 Å². The third-order valence-corrected chi connectivity index (χ3v) is 2.22. The van der Waals surface area contributed by atoms with E-state index in [0.717, 1.165) is 6.42 Å². The summed E-state index contributed by atoms with van der Waals surface area (Å²) in [5.74, 6) is 0.00410. The van der Waals surface area contributed by atoms with Gasteiger partial charge in [-0.05, 0) is 13.3 Å². The van der Waals surface area contributed by atoms with Crippen LogP contribution < -0.4 is 0 Å². The van der Waals surface area contributed by atoms with Gasteiger partial charge in [0.15, 0.2) is 0 Å². The number of cyclic esters (lactones) is 1. The van der Waals surface area contributed by atoms with Crippen LogP contribution in [0.5, 0.6) is 0 Å². The number of ether oxygens (including phenoxy) is 2. The van der Waals surface area contributed by atoms with Crippen molar-refractivity contribution in [1.29, 1.82) is 0 Å². The fourth-order valence-corrected chi connectivity index (χ4v) is 1.47. The lowest BCUT2D eigenvalue weighted by Gasteiger charge is -2.00. The summed E-state index contributed by atoms with van der Waals surface area (Å²) in [4.78, 5) is 21.9. The standard InChI is InChI=1S/C9H10O4/c1-2-12-8(10)4-7-5-3-6(5)9(11)13-7/h4-6H,2-3H2,1H3/b7-4+. The second-order valence-corrected chi connectivity index (χ2v) is 3.17. The largest absolute Gasteiger partial charge is 0.463 e. The van der Waals surface area contributed by atoms with Crippen molar-refractivity contribution >= 4 is 11.9 Å². The Hall–Kier alpha value is -1.32. The number of carbonyl (C=O) groups excluding carboxylic acids is 2. The minimum atomic E-state index is -0.433. The Morgan fingerprint density at radius 3 is 2.92 bits per heavy atom. The van der Waals surface area contributed by atoms with Crippen molar-refractivity contribution in [3.8, 4) is 0 Å². The molecule has 0 amide bonds. The van der Waals surface area contributed by atoms with Gasteiger partial charge in [-0.15, -0.1) is 0 Å². The minimum absolute atomic E-state index is 0.0145. The molecule has 0 N–H and O–H groups in total. The Morgan fingerprint density at radius 1 is 1.69 bits per heavy atom. The van der Waals surface area contributed by atoms with Crippen LogP contribution in [0.25, 0.3) is 0 Å². The average Bonchev–Trinajstić information content (AvgIpc) is 2.76. The molecule has 0 aromatic rings. The summed E-state index contributed by atoms with van der Waals surface area (Å²) in [6.45, 7) is 2.07. The van der Waals surface area contributed by atoms with Crippen molar-refractivity contribution in [2.24, 2.45) is 11.8 Å². The van der Waals surface area contributed by atoms with Crippen molar-refractivity contribution in [2.75, 3.05) is 6.61 Å². The van der Waals surface area contributed by atoms with Crippen LogP contribution in [0.1, 0.15) is 13.3 Å². The fraction of sp³-hybridized carbons (Fsp3) is 0.556. The topological polar surface area (TPSA) is 52.6 Å². The quantitative estimate of drug-likeness (QED) is 0.464. The van der Waals surface area contributed by atoms with Crippen LogP contribution in [0.15, 0.2) is 11.8 Å². The summed E-state index contributed by atoms with van der Waals surface area (Å²) in [5, 5.41) is 0. The first kappa shape index (κ1) is 8.29. The molecule has 13 heavy (non-hydrogen) atoms. The molecule has 2 unspecified atom stereocenters. The Kier molecular flexibility index (Phi) is 1.83. The molecular weight excluding hydrogens is 172 g/mol. The SMILES string of the molecule is CCOC(=O)/C=C1/OC(=O)C2CC12. The number of hydrogen-bond acceptors (Lipinski definition) is 4. The van der Waals surface area contributed by atoms with Crippen LogP contribution in [0, 0.1) is 11.8 Å². The highest BCUT2D eigenvalue weighted by Gasteiger charge is 2.54. The van der Waals surface area contributed by atoms with E-state index in [9.17, 15) is 9.59 Å². The average molecular weight is 182 g/mol. The number of hydrogen-bond donors (Lipinski definition) is 0. The molecular formula is C9H10O4. The van der Waals surface area contributed by atoms with Gasteiger partial charge in [-0.2, -0.15) is 0 Å². The van der Waals surface area contributed by atoms with Crippen molar-refractivity contribution in [3.63, 3.8) is 0 Å². The maximum absolute atomic E-state index is 11.0. The summed E-state index contributed by atoms with van der Waals surface area (Å²) in [6.07, 6.45) is 2.10. The van der Waals surface area contributed by atoms with Crippen LogP contribution in [0.4, 0.5) is 0 Å². The molecule has 0 radical (unpaired) electrons. The lowest BCUT2D eigenvalue weighted by atomic mass is 10.3. The smallest absolute Gasteiger partial charge is 0.334 e. The van der Waals surface area contributed by atoms with E-state index in [4.69, 9.17) is 9.47 Å². The van der Waals surface area contributed by atoms with Crippen LogP contribution in [0.3, 0.4) is 0 Å². The van der Waals surface area contributed by atoms with Gasteiger partial charge in [0.2, 0.25) is 0 Å². The van der Waals surface area contributed by atoms with E-state index in [1.165, 1.54) is 6.08 Å². The number of carbonyl (C=O) groups is 2. The van der Waals surface area contributed by atoms with E-state index in [1.807, 2.05) is 0 Å². The molecule has 1 saturated heterocycles. The normalized spacial score (nSPS) is 32.7. The van der Waals surface area contributed by atoms with Crippen LogP contribution in [0.2, 0.25) is 0 Å². The van der Waals surface area contributed by atoms with Crippen LogP contribution >= 0.6 is 0 Å². The number of rotatable bonds is 2. The zero-order valence-corrected chi connectivity index (χ0v) is 7.28. The van der Waals surface area contributed by atoms with Crippen molar-refractivity contribution < 1.29 is 19.1 Å². The highest BCUT2D eigenvalue weighted by molar-refractivity contribution is 5.87. The molecule has 0 bridgehead atoms. The Balaban J connectivity index is 2.01. The molecule has 2 fully saturated rings. The number of allylic oxidation sites excluding steroid dienone is 1. The molecule has 4 nitrogen and oxygen atoms in total. The maximum atomic E-state index is 11.0. The Bertz CT molecular complexity index is 292. The molecule has 0 spiro atoms. The van der Waals surface area contributed by atoms with Crippen LogP contribution in [-0.2, 0) is 19.1 Å². The molecule has 4 heteroatoms. The van der Waals surface area contributed by atoms with Crippen molar-refractivity contribution in [1.82, 2.24) is 0 Å². The molecule has 2 aliphatic rings. The highest BCUT2D eigenvalue weighted by Crippen LogP contribution is 2.51. The molecule has 2 atom stereocenters. The summed E-state index contributed by atoms with van der Waals surface area (Å²) < 4.78 is 9.56. The first-order valence-corrected chi connectivity index (χ1v) is 4.32. The summed E-state index contributed by atoms with van der Waals surface area (Å²) in [6, 6.07) is 0. The highest BCUT2D eigenvalue weighted by atomic mass is 16.6. The Morgan fingerprint density at radius 2 is 2.46 bits per heavy atom. The van der Waals surface area contributed by atoms with Gasteiger partial charge >= 0.3 is 11.9 Å². The second-order valence-electron chi connectivity index (χ2n) is 3.17. The van der Waals surface area contributed by atoms with E-state index < -0.39 is 5.97 Å². The Labute approximate surface area is 75.5 Å². The van der Waals surface area contributed by atoms with Gasteiger partial charge in [-0.1, -0.05) is 0 Å². The number of fused-ring (bicyclic) bond motifs is 1. The second kappa shape index (κ2) is 2.87. The summed E-state index contributed by atoms with van der Waals surface area (Å²) in [5.41, 5.74) is 0. The summed E-state index contributed by atoms with van der Waals surface area (Å²) >= 11 is 0. The number of esters is 2. The van der Waals surface area contributed by atoms with Gasteiger partial charge in [0, 0.05) is 5.92 Å². The van der Waals surface area contributed by atoms with E-state index in [2.05, 4.69) is 0 Å². The first-order valence-electron chi connectivity index (χ1n) is 4.32. The third kappa shape index (κ3) is 1.43. The molecule has 1 aliphatic carbocycles. The van der Waals surface area contributed by atoms with Gasteiger partial charge in [0.1, 0.15) is 5.76 Å². The van der Waals surface area contributed by atoms with E-state index in [0.29, 0.717) is 12.4 Å². The minimum Gasteiger partial charge on any atom is -0.463 e. The van der Waals surface area contributed by atoms with E-state index in [1.54, 1.807) is 6.92 Å². The first-order chi connectivity index (χ1) is 6.22. The molecule has 1 aliphatic heterocycles. The van der Waals surface area contributed by atoms with Gasteiger partial charge in [-0.3, -0.25) is 4.79 Å². The lowest BCUT2D eigenvalue weighted by Crippen LogP contribution is -2.03. The zero-order valence-electron chi connectivity index (χ0n) is 7.28.